The molecule has 0 saturated heterocycles. The molecule has 136 valence electrons. The van der Waals surface area contributed by atoms with Gasteiger partial charge in [-0.15, -0.1) is 0 Å². The van der Waals surface area contributed by atoms with Crippen molar-refractivity contribution in [2.45, 2.75) is 46.7 Å². The zero-order valence-electron chi connectivity index (χ0n) is 15.8. The summed E-state index contributed by atoms with van der Waals surface area (Å²) in [6.45, 7) is 7.45. The number of imidazole rings is 1. The Hall–Kier alpha value is -2.62. The number of hydrogen-bond donors (Lipinski definition) is 1. The van der Waals surface area contributed by atoms with Crippen molar-refractivity contribution in [3.63, 3.8) is 0 Å². The highest BCUT2D eigenvalue weighted by Gasteiger charge is 2.16. The first-order chi connectivity index (χ1) is 12.6. The predicted molar refractivity (Wildman–Crippen MR) is 106 cm³/mol. The molecule has 0 spiro atoms. The van der Waals surface area contributed by atoms with Crippen LogP contribution in [0.4, 0.5) is 0 Å². The first-order valence-electron chi connectivity index (χ1n) is 9.40. The van der Waals surface area contributed by atoms with Crippen LogP contribution in [0.5, 0.6) is 0 Å². The largest absolute Gasteiger partial charge is 0.349 e. The van der Waals surface area contributed by atoms with E-state index in [4.69, 9.17) is 4.98 Å². The molecule has 3 rings (SSSR count). The van der Waals surface area contributed by atoms with Gasteiger partial charge >= 0.3 is 0 Å². The lowest BCUT2D eigenvalue weighted by atomic mass is 10.0. The molecule has 0 saturated carbocycles. The fraction of sp³-hybridized carbons (Fsp3) is 0.364. The zero-order valence-corrected chi connectivity index (χ0v) is 15.8. The van der Waals surface area contributed by atoms with E-state index in [0.29, 0.717) is 6.54 Å². The minimum absolute atomic E-state index is 0.0733. The number of para-hydroxylation sites is 2. The average molecular weight is 349 g/mol. The van der Waals surface area contributed by atoms with E-state index in [2.05, 4.69) is 61.0 Å². The van der Waals surface area contributed by atoms with Gasteiger partial charge in [-0.3, -0.25) is 4.79 Å². The fourth-order valence-corrected chi connectivity index (χ4v) is 3.36. The van der Waals surface area contributed by atoms with Crippen LogP contribution in [-0.2, 0) is 17.9 Å². The number of carbonyl (C=O) groups excluding carboxylic acids is 1. The normalized spacial score (nSPS) is 11.2. The number of aryl methyl sites for hydroxylation is 1. The summed E-state index contributed by atoms with van der Waals surface area (Å²) in [4.78, 5) is 17.1. The number of nitrogens with zero attached hydrogens (tertiary/aromatic N) is 2. The van der Waals surface area contributed by atoms with Crippen molar-refractivity contribution in [1.82, 2.24) is 14.9 Å². The van der Waals surface area contributed by atoms with Gasteiger partial charge in [0.05, 0.1) is 17.6 Å². The molecule has 1 heterocycles. The number of hydrogen-bond acceptors (Lipinski definition) is 2. The highest BCUT2D eigenvalue weighted by atomic mass is 16.1. The molecule has 1 aromatic heterocycles. The van der Waals surface area contributed by atoms with Crippen molar-refractivity contribution in [1.29, 1.82) is 0 Å². The number of nitrogens with one attached hydrogen (secondary N) is 1. The predicted octanol–water partition coefficient (Wildman–Crippen LogP) is 4.45. The third kappa shape index (κ3) is 3.79. The van der Waals surface area contributed by atoms with Gasteiger partial charge in [-0.2, -0.15) is 0 Å². The maximum atomic E-state index is 12.4. The monoisotopic (exact) mass is 349 g/mol. The maximum absolute atomic E-state index is 12.4. The van der Waals surface area contributed by atoms with E-state index < -0.39 is 0 Å². The van der Waals surface area contributed by atoms with Crippen LogP contribution < -0.4 is 5.32 Å². The standard InChI is InChI=1S/C22H27N3O/c1-4-17(5-2)22(26)23-14-21-24-19-12-8-9-13-20(19)25(21)15-18-11-7-6-10-16(18)3/h6-13,17H,4-5,14-15H2,1-3H3,(H,23,26). The van der Waals surface area contributed by atoms with Gasteiger partial charge in [-0.1, -0.05) is 50.2 Å². The van der Waals surface area contributed by atoms with Crippen molar-refractivity contribution in [3.8, 4) is 0 Å². The van der Waals surface area contributed by atoms with E-state index in [1.807, 2.05) is 18.2 Å². The molecule has 0 aliphatic heterocycles. The molecule has 0 radical (unpaired) electrons. The van der Waals surface area contributed by atoms with E-state index in [9.17, 15) is 4.79 Å². The number of carbonyl (C=O) groups is 1. The van der Waals surface area contributed by atoms with Gasteiger partial charge in [0.2, 0.25) is 5.91 Å². The molecule has 0 aliphatic rings. The Balaban J connectivity index is 1.90. The van der Waals surface area contributed by atoms with E-state index in [-0.39, 0.29) is 11.8 Å². The lowest BCUT2D eigenvalue weighted by molar-refractivity contribution is -0.125. The van der Waals surface area contributed by atoms with Gasteiger partial charge in [0.25, 0.3) is 0 Å². The Kier molecular flexibility index (Phi) is 5.71. The molecule has 3 aromatic rings. The van der Waals surface area contributed by atoms with Crippen molar-refractivity contribution in [2.24, 2.45) is 5.92 Å². The third-order valence-electron chi connectivity index (χ3n) is 5.10. The second-order valence-corrected chi connectivity index (χ2v) is 6.76. The van der Waals surface area contributed by atoms with Crippen molar-refractivity contribution in [3.05, 3.63) is 65.5 Å². The molecule has 0 atom stereocenters. The van der Waals surface area contributed by atoms with Crippen molar-refractivity contribution >= 4 is 16.9 Å². The second kappa shape index (κ2) is 8.17. The van der Waals surface area contributed by atoms with Gasteiger partial charge in [-0.25, -0.2) is 4.98 Å². The SMILES string of the molecule is CCC(CC)C(=O)NCc1nc2ccccc2n1Cc1ccccc1C. The van der Waals surface area contributed by atoms with Crippen LogP contribution in [0.1, 0.15) is 43.6 Å². The summed E-state index contributed by atoms with van der Waals surface area (Å²) in [7, 11) is 0. The Morgan fingerprint density at radius 3 is 2.50 bits per heavy atom. The number of amides is 1. The minimum atomic E-state index is 0.0733. The van der Waals surface area contributed by atoms with Crippen LogP contribution in [-0.4, -0.2) is 15.5 Å². The fourth-order valence-electron chi connectivity index (χ4n) is 3.36. The van der Waals surface area contributed by atoms with Crippen molar-refractivity contribution < 1.29 is 4.79 Å². The number of rotatable bonds is 7. The number of fused-ring (bicyclic) bond motifs is 1. The Morgan fingerprint density at radius 2 is 1.77 bits per heavy atom. The number of aromatic nitrogens is 2. The molecule has 0 unspecified atom stereocenters. The topological polar surface area (TPSA) is 46.9 Å². The highest BCUT2D eigenvalue weighted by molar-refractivity contribution is 5.79. The van der Waals surface area contributed by atoms with E-state index in [1.54, 1.807) is 0 Å². The Morgan fingerprint density at radius 1 is 1.08 bits per heavy atom. The zero-order chi connectivity index (χ0) is 18.5. The second-order valence-electron chi connectivity index (χ2n) is 6.76. The molecule has 2 aromatic carbocycles. The third-order valence-corrected chi connectivity index (χ3v) is 5.10. The Labute approximate surface area is 155 Å². The molecule has 26 heavy (non-hydrogen) atoms. The Bertz CT molecular complexity index is 893. The molecular weight excluding hydrogens is 322 g/mol. The first kappa shape index (κ1) is 18.2. The van der Waals surface area contributed by atoms with E-state index in [0.717, 1.165) is 36.2 Å². The summed E-state index contributed by atoms with van der Waals surface area (Å²) in [5, 5.41) is 3.08. The molecule has 1 N–H and O–H groups in total. The van der Waals surface area contributed by atoms with Crippen LogP contribution in [0.2, 0.25) is 0 Å². The van der Waals surface area contributed by atoms with Gasteiger partial charge in [0.1, 0.15) is 5.82 Å². The summed E-state index contributed by atoms with van der Waals surface area (Å²) < 4.78 is 2.21. The highest BCUT2D eigenvalue weighted by Crippen LogP contribution is 2.19. The van der Waals surface area contributed by atoms with Crippen LogP contribution in [0.15, 0.2) is 48.5 Å². The molecule has 0 bridgehead atoms. The molecule has 0 aliphatic carbocycles. The molecular formula is C22H27N3O. The molecule has 4 nitrogen and oxygen atoms in total. The van der Waals surface area contributed by atoms with Gasteiger partial charge in [0, 0.05) is 12.5 Å². The lowest BCUT2D eigenvalue weighted by Gasteiger charge is -2.14. The minimum Gasteiger partial charge on any atom is -0.349 e. The van der Waals surface area contributed by atoms with E-state index >= 15 is 0 Å². The molecule has 1 amide bonds. The van der Waals surface area contributed by atoms with Crippen LogP contribution in [0.25, 0.3) is 11.0 Å². The summed E-state index contributed by atoms with van der Waals surface area (Å²) in [6.07, 6.45) is 1.73. The summed E-state index contributed by atoms with van der Waals surface area (Å²) in [5.41, 5.74) is 4.59. The molecule has 0 fully saturated rings. The smallest absolute Gasteiger partial charge is 0.223 e. The van der Waals surface area contributed by atoms with Gasteiger partial charge in [0.15, 0.2) is 0 Å². The first-order valence-corrected chi connectivity index (χ1v) is 9.40. The number of benzene rings is 2. The van der Waals surface area contributed by atoms with Gasteiger partial charge in [-0.05, 0) is 43.0 Å². The van der Waals surface area contributed by atoms with Crippen LogP contribution in [0.3, 0.4) is 0 Å². The average Bonchev–Trinajstić information content (AvgIpc) is 3.00. The molecule has 4 heteroatoms. The maximum Gasteiger partial charge on any atom is 0.223 e. The van der Waals surface area contributed by atoms with Crippen LogP contribution >= 0.6 is 0 Å². The van der Waals surface area contributed by atoms with E-state index in [1.165, 1.54) is 11.1 Å². The lowest BCUT2D eigenvalue weighted by Crippen LogP contribution is -2.30. The van der Waals surface area contributed by atoms with Gasteiger partial charge < -0.3 is 9.88 Å². The summed E-state index contributed by atoms with van der Waals surface area (Å²) in [6, 6.07) is 16.5. The quantitative estimate of drug-likeness (QED) is 0.685. The summed E-state index contributed by atoms with van der Waals surface area (Å²) in [5.74, 6) is 1.09. The van der Waals surface area contributed by atoms with Crippen molar-refractivity contribution in [2.75, 3.05) is 0 Å². The summed E-state index contributed by atoms with van der Waals surface area (Å²) >= 11 is 0. The van der Waals surface area contributed by atoms with Crippen LogP contribution in [0, 0.1) is 12.8 Å².